The van der Waals surface area contributed by atoms with Crippen LogP contribution in [0.3, 0.4) is 0 Å². The van der Waals surface area contributed by atoms with Crippen LogP contribution in [-0.2, 0) is 4.79 Å². The number of carbonyl (C=O) groups is 1. The largest absolute Gasteiger partial charge is 0.370 e. The maximum absolute atomic E-state index is 11.1. The number of nitrogens with two attached hydrogens (primary N) is 1. The van der Waals surface area contributed by atoms with Gasteiger partial charge in [0.2, 0.25) is 5.91 Å². The number of rotatable bonds is 6. The molecule has 0 bridgehead atoms. The lowest BCUT2D eigenvalue weighted by molar-refractivity contribution is -0.119. The first-order chi connectivity index (χ1) is 11.1. The first kappa shape index (κ1) is 18.0. The van der Waals surface area contributed by atoms with Gasteiger partial charge in [0, 0.05) is 45.7 Å². The first-order valence-electron chi connectivity index (χ1n) is 9.04. The number of primary amides is 1. The van der Waals surface area contributed by atoms with Crippen molar-refractivity contribution in [3.63, 3.8) is 0 Å². The Bertz CT molecular complexity index is 406. The van der Waals surface area contributed by atoms with Crippen molar-refractivity contribution in [2.45, 2.75) is 51.0 Å². The number of aliphatic imine (C=N–C) groups is 1. The van der Waals surface area contributed by atoms with Crippen molar-refractivity contribution in [1.82, 2.24) is 15.1 Å². The van der Waals surface area contributed by atoms with Crippen molar-refractivity contribution in [3.8, 4) is 0 Å². The molecule has 1 saturated carbocycles. The average molecular weight is 323 g/mol. The van der Waals surface area contributed by atoms with E-state index in [2.05, 4.69) is 27.2 Å². The van der Waals surface area contributed by atoms with E-state index in [0.717, 1.165) is 51.0 Å². The summed E-state index contributed by atoms with van der Waals surface area (Å²) in [6.07, 6.45) is 8.09. The Morgan fingerprint density at radius 1 is 1.30 bits per heavy atom. The zero-order valence-electron chi connectivity index (χ0n) is 14.8. The smallest absolute Gasteiger partial charge is 0.217 e. The van der Waals surface area contributed by atoms with Gasteiger partial charge in [0.05, 0.1) is 0 Å². The van der Waals surface area contributed by atoms with Gasteiger partial charge in [0.1, 0.15) is 0 Å². The molecule has 2 aliphatic rings. The number of guanidine groups is 1. The number of nitrogens with one attached hydrogen (secondary N) is 1. The Morgan fingerprint density at radius 3 is 2.70 bits per heavy atom. The molecular weight excluding hydrogens is 290 g/mol. The summed E-state index contributed by atoms with van der Waals surface area (Å²) in [5, 5.41) is 3.49. The number of likely N-dealkylation sites (tertiary alicyclic amines) is 1. The second-order valence-corrected chi connectivity index (χ2v) is 7.02. The van der Waals surface area contributed by atoms with Crippen LogP contribution < -0.4 is 11.1 Å². The van der Waals surface area contributed by atoms with E-state index in [1.807, 2.05) is 7.05 Å². The quantitative estimate of drug-likeness (QED) is 0.565. The topological polar surface area (TPSA) is 74.0 Å². The number of carbonyl (C=O) groups excluding carboxylic acids is 1. The van der Waals surface area contributed by atoms with E-state index in [0.29, 0.717) is 12.3 Å². The Morgan fingerprint density at radius 2 is 2.04 bits per heavy atom. The van der Waals surface area contributed by atoms with Crippen molar-refractivity contribution < 1.29 is 4.79 Å². The fourth-order valence-electron chi connectivity index (χ4n) is 3.91. The van der Waals surface area contributed by atoms with Crippen molar-refractivity contribution in [2.75, 3.05) is 40.3 Å². The fraction of sp³-hybridized carbons (Fsp3) is 0.882. The van der Waals surface area contributed by atoms with Crippen LogP contribution in [0.4, 0.5) is 0 Å². The minimum atomic E-state index is -0.196. The van der Waals surface area contributed by atoms with Crippen LogP contribution in [0.2, 0.25) is 0 Å². The van der Waals surface area contributed by atoms with Crippen molar-refractivity contribution in [1.29, 1.82) is 0 Å². The molecule has 6 nitrogen and oxygen atoms in total. The highest BCUT2D eigenvalue weighted by Gasteiger charge is 2.24. The highest BCUT2D eigenvalue weighted by Crippen LogP contribution is 2.22. The molecule has 2 fully saturated rings. The molecule has 23 heavy (non-hydrogen) atoms. The van der Waals surface area contributed by atoms with Gasteiger partial charge in [-0.3, -0.25) is 9.79 Å². The van der Waals surface area contributed by atoms with Gasteiger partial charge in [-0.2, -0.15) is 0 Å². The van der Waals surface area contributed by atoms with Crippen LogP contribution >= 0.6 is 0 Å². The summed E-state index contributed by atoms with van der Waals surface area (Å²) in [5.41, 5.74) is 5.34. The average Bonchev–Trinajstić information content (AvgIpc) is 3.05. The van der Waals surface area contributed by atoms with E-state index in [1.165, 1.54) is 25.7 Å². The van der Waals surface area contributed by atoms with Crippen molar-refractivity contribution in [3.05, 3.63) is 0 Å². The van der Waals surface area contributed by atoms with Crippen molar-refractivity contribution >= 4 is 11.9 Å². The molecule has 0 aromatic heterocycles. The lowest BCUT2D eigenvalue weighted by atomic mass is 9.95. The van der Waals surface area contributed by atoms with Crippen LogP contribution in [0, 0.1) is 5.92 Å². The molecule has 1 aliphatic heterocycles. The van der Waals surface area contributed by atoms with E-state index in [9.17, 15) is 4.79 Å². The summed E-state index contributed by atoms with van der Waals surface area (Å²) in [6.45, 7) is 3.84. The summed E-state index contributed by atoms with van der Waals surface area (Å²) >= 11 is 0. The van der Waals surface area contributed by atoms with Gasteiger partial charge in [-0.05, 0) is 38.6 Å². The number of amides is 1. The number of likely N-dealkylation sites (N-methyl/N-ethyl adjacent to an activating group) is 1. The molecule has 3 N–H and O–H groups in total. The predicted molar refractivity (Wildman–Crippen MR) is 94.4 cm³/mol. The monoisotopic (exact) mass is 323 g/mol. The molecule has 1 unspecified atom stereocenters. The standard InChI is InChI=1S/C17H33N5O/c1-19-17(20-9-11-21(2)15-7-3-4-8-15)22-10-5-6-14(13-22)12-16(18)23/h14-15H,3-13H2,1-2H3,(H2,18,23)(H,19,20). The summed E-state index contributed by atoms with van der Waals surface area (Å²) in [5.74, 6) is 1.12. The van der Waals surface area contributed by atoms with Crippen LogP contribution in [0.1, 0.15) is 44.9 Å². The number of hydrogen-bond donors (Lipinski definition) is 2. The highest BCUT2D eigenvalue weighted by atomic mass is 16.1. The molecule has 132 valence electrons. The third-order valence-corrected chi connectivity index (χ3v) is 5.22. The molecule has 6 heteroatoms. The Labute approximate surface area is 140 Å². The van der Waals surface area contributed by atoms with E-state index in [-0.39, 0.29) is 5.91 Å². The molecule has 1 aliphatic carbocycles. The van der Waals surface area contributed by atoms with Gasteiger partial charge in [0.15, 0.2) is 5.96 Å². The van der Waals surface area contributed by atoms with Crippen molar-refractivity contribution in [2.24, 2.45) is 16.6 Å². The van der Waals surface area contributed by atoms with E-state index >= 15 is 0 Å². The highest BCUT2D eigenvalue weighted by molar-refractivity contribution is 5.80. The predicted octanol–water partition coefficient (Wildman–Crippen LogP) is 1.02. The Balaban J connectivity index is 1.74. The number of piperidine rings is 1. The molecule has 1 amide bonds. The second-order valence-electron chi connectivity index (χ2n) is 7.02. The Kier molecular flexibility index (Phi) is 7.15. The van der Waals surface area contributed by atoms with E-state index in [4.69, 9.17) is 5.73 Å². The zero-order valence-corrected chi connectivity index (χ0v) is 14.8. The van der Waals surface area contributed by atoms with Crippen LogP contribution in [-0.4, -0.2) is 68.0 Å². The number of nitrogens with zero attached hydrogens (tertiary/aromatic N) is 3. The molecule has 1 heterocycles. The number of hydrogen-bond acceptors (Lipinski definition) is 3. The van der Waals surface area contributed by atoms with Gasteiger partial charge in [0.25, 0.3) is 0 Å². The van der Waals surface area contributed by atoms with Gasteiger partial charge in [-0.1, -0.05) is 12.8 Å². The van der Waals surface area contributed by atoms with Gasteiger partial charge < -0.3 is 20.9 Å². The maximum atomic E-state index is 11.1. The first-order valence-corrected chi connectivity index (χ1v) is 9.04. The molecule has 0 radical (unpaired) electrons. The third-order valence-electron chi connectivity index (χ3n) is 5.22. The summed E-state index contributed by atoms with van der Waals surface area (Å²) in [7, 11) is 4.06. The lowest BCUT2D eigenvalue weighted by Crippen LogP contribution is -2.48. The van der Waals surface area contributed by atoms with Crippen LogP contribution in [0.5, 0.6) is 0 Å². The Hall–Kier alpha value is -1.30. The third kappa shape index (κ3) is 5.68. The van der Waals surface area contributed by atoms with Gasteiger partial charge in [-0.15, -0.1) is 0 Å². The minimum absolute atomic E-state index is 0.196. The van der Waals surface area contributed by atoms with Crippen LogP contribution in [0.15, 0.2) is 4.99 Å². The maximum Gasteiger partial charge on any atom is 0.217 e. The molecule has 1 atom stereocenters. The molecule has 0 spiro atoms. The van der Waals surface area contributed by atoms with E-state index in [1.54, 1.807) is 0 Å². The normalized spacial score (nSPS) is 23.5. The summed E-state index contributed by atoms with van der Waals surface area (Å²) < 4.78 is 0. The van der Waals surface area contributed by atoms with Gasteiger partial charge >= 0.3 is 0 Å². The zero-order chi connectivity index (χ0) is 16.7. The summed E-state index contributed by atoms with van der Waals surface area (Å²) in [6, 6.07) is 0.758. The second kappa shape index (κ2) is 9.11. The summed E-state index contributed by atoms with van der Waals surface area (Å²) in [4.78, 5) is 20.3. The molecule has 1 saturated heterocycles. The van der Waals surface area contributed by atoms with E-state index < -0.39 is 0 Å². The minimum Gasteiger partial charge on any atom is -0.370 e. The fourth-order valence-corrected chi connectivity index (χ4v) is 3.91. The molecule has 2 rings (SSSR count). The molecule has 0 aromatic rings. The van der Waals surface area contributed by atoms with Gasteiger partial charge in [-0.25, -0.2) is 0 Å². The molecular formula is C17H33N5O. The molecule has 0 aromatic carbocycles. The van der Waals surface area contributed by atoms with Crippen LogP contribution in [0.25, 0.3) is 0 Å². The lowest BCUT2D eigenvalue weighted by Gasteiger charge is -2.35. The SMILES string of the molecule is CN=C(NCCN(C)C1CCCC1)N1CCCC(CC(N)=O)C1.